The van der Waals surface area contributed by atoms with Crippen molar-refractivity contribution in [1.29, 1.82) is 0 Å². The number of hydrogen-bond donors (Lipinski definition) is 1. The summed E-state index contributed by atoms with van der Waals surface area (Å²) in [6.07, 6.45) is 0. The van der Waals surface area contributed by atoms with E-state index in [1.807, 2.05) is 25.1 Å². The quantitative estimate of drug-likeness (QED) is 0.783. The molecule has 0 unspecified atom stereocenters. The van der Waals surface area contributed by atoms with Crippen LogP contribution in [0.4, 0.5) is 4.39 Å². The molecule has 1 heterocycles. The van der Waals surface area contributed by atoms with Gasteiger partial charge in [-0.1, -0.05) is 6.07 Å². The van der Waals surface area contributed by atoms with Gasteiger partial charge in [0.2, 0.25) is 0 Å². The molecular formula is C17H16FNO2. The number of phenols is 1. The van der Waals surface area contributed by atoms with Crippen molar-refractivity contribution in [2.45, 2.75) is 20.1 Å². The van der Waals surface area contributed by atoms with Gasteiger partial charge in [-0.15, -0.1) is 0 Å². The highest BCUT2D eigenvalue weighted by Gasteiger charge is 2.10. The molecule has 0 radical (unpaired) electrons. The molecule has 0 bridgehead atoms. The van der Waals surface area contributed by atoms with Gasteiger partial charge in [0.25, 0.3) is 0 Å². The second kappa shape index (κ2) is 5.48. The monoisotopic (exact) mass is 285 g/mol. The molecule has 0 amide bonds. The predicted octanol–water partition coefficient (Wildman–Crippen LogP) is 4.08. The van der Waals surface area contributed by atoms with Crippen molar-refractivity contribution in [2.75, 3.05) is 0 Å². The van der Waals surface area contributed by atoms with Gasteiger partial charge in [0.05, 0.1) is 11.2 Å². The summed E-state index contributed by atoms with van der Waals surface area (Å²) in [4.78, 5) is 0. The number of rotatable bonds is 4. The Bertz CT molecular complexity index is 762. The minimum atomic E-state index is -0.282. The van der Waals surface area contributed by atoms with E-state index in [1.54, 1.807) is 18.2 Å². The lowest BCUT2D eigenvalue weighted by Crippen LogP contribution is -2.04. The Balaban J connectivity index is 1.89. The number of halogens is 1. The van der Waals surface area contributed by atoms with Gasteiger partial charge in [-0.05, 0) is 49.4 Å². The highest BCUT2D eigenvalue weighted by molar-refractivity contribution is 5.87. The topological polar surface area (TPSA) is 34.4 Å². The maximum atomic E-state index is 12.9. The number of hydrogen-bond acceptors (Lipinski definition) is 2. The summed E-state index contributed by atoms with van der Waals surface area (Å²) in [7, 11) is 0. The Morgan fingerprint density at radius 2 is 1.90 bits per heavy atom. The number of fused-ring (bicyclic) bond motifs is 1. The summed E-state index contributed by atoms with van der Waals surface area (Å²) >= 11 is 0. The Morgan fingerprint density at radius 1 is 1.14 bits per heavy atom. The highest BCUT2D eigenvalue weighted by Crippen LogP contribution is 2.28. The van der Waals surface area contributed by atoms with Gasteiger partial charge in [-0.25, -0.2) is 4.39 Å². The van der Waals surface area contributed by atoms with Crippen molar-refractivity contribution >= 4 is 10.9 Å². The van der Waals surface area contributed by atoms with E-state index in [9.17, 15) is 9.50 Å². The van der Waals surface area contributed by atoms with Crippen LogP contribution in [0.5, 0.6) is 11.5 Å². The molecule has 3 rings (SSSR count). The molecule has 3 aromatic rings. The molecule has 4 heteroatoms. The maximum absolute atomic E-state index is 12.9. The zero-order valence-electron chi connectivity index (χ0n) is 11.7. The number of nitrogens with zero attached hydrogens (tertiary/aromatic N) is 1. The molecule has 0 spiro atoms. The van der Waals surface area contributed by atoms with E-state index in [2.05, 4.69) is 4.57 Å². The van der Waals surface area contributed by atoms with Crippen LogP contribution in [-0.4, -0.2) is 9.67 Å². The van der Waals surface area contributed by atoms with Crippen molar-refractivity contribution in [1.82, 2.24) is 4.57 Å². The lowest BCUT2D eigenvalue weighted by molar-refractivity contribution is 0.295. The van der Waals surface area contributed by atoms with Gasteiger partial charge in [-0.2, -0.15) is 0 Å². The molecular weight excluding hydrogens is 269 g/mol. The normalized spacial score (nSPS) is 11.0. The van der Waals surface area contributed by atoms with E-state index in [-0.39, 0.29) is 11.6 Å². The highest BCUT2D eigenvalue weighted by atomic mass is 19.1. The van der Waals surface area contributed by atoms with Crippen molar-refractivity contribution < 1.29 is 14.2 Å². The summed E-state index contributed by atoms with van der Waals surface area (Å²) in [5.41, 5.74) is 1.95. The summed E-state index contributed by atoms with van der Waals surface area (Å²) in [6.45, 7) is 3.20. The molecule has 0 aliphatic rings. The van der Waals surface area contributed by atoms with Crippen molar-refractivity contribution in [3.05, 3.63) is 60.0 Å². The smallest absolute Gasteiger partial charge is 0.128 e. The van der Waals surface area contributed by atoms with Gasteiger partial charge in [0, 0.05) is 11.9 Å². The first-order valence-electron chi connectivity index (χ1n) is 6.87. The Hall–Kier alpha value is -2.49. The molecule has 0 atom stereocenters. The molecule has 0 saturated carbocycles. The van der Waals surface area contributed by atoms with Gasteiger partial charge in [-0.3, -0.25) is 0 Å². The predicted molar refractivity (Wildman–Crippen MR) is 80.0 cm³/mol. The largest absolute Gasteiger partial charge is 0.507 e. The molecule has 108 valence electrons. The van der Waals surface area contributed by atoms with Crippen LogP contribution in [0.2, 0.25) is 0 Å². The molecule has 0 aliphatic heterocycles. The van der Waals surface area contributed by atoms with Crippen LogP contribution in [0.15, 0.2) is 48.5 Å². The molecule has 0 aliphatic carbocycles. The van der Waals surface area contributed by atoms with Gasteiger partial charge >= 0.3 is 0 Å². The fraction of sp³-hybridized carbons (Fsp3) is 0.176. The van der Waals surface area contributed by atoms with Crippen LogP contribution in [0, 0.1) is 5.82 Å². The summed E-state index contributed by atoms with van der Waals surface area (Å²) in [5, 5.41) is 10.7. The molecule has 0 fully saturated rings. The second-order valence-electron chi connectivity index (χ2n) is 4.83. The number of phenolic OH excluding ortho intramolecular Hbond substituents is 1. The molecule has 0 saturated heterocycles. The summed E-state index contributed by atoms with van der Waals surface area (Å²) < 4.78 is 20.7. The average Bonchev–Trinajstić information content (AvgIpc) is 2.86. The number of aryl methyl sites for hydroxylation is 1. The Labute approximate surface area is 122 Å². The van der Waals surface area contributed by atoms with Crippen molar-refractivity contribution in [3.8, 4) is 11.5 Å². The van der Waals surface area contributed by atoms with Crippen LogP contribution in [0.3, 0.4) is 0 Å². The van der Waals surface area contributed by atoms with Crippen LogP contribution < -0.4 is 4.74 Å². The van der Waals surface area contributed by atoms with Crippen molar-refractivity contribution in [2.24, 2.45) is 0 Å². The molecule has 1 aromatic heterocycles. The standard InChI is InChI=1S/C17H16FNO2/c1-2-19-13(10-15-16(19)4-3-5-17(15)20)11-21-14-8-6-12(18)7-9-14/h3-10,20H,2,11H2,1H3. The number of aromatic nitrogens is 1. The lowest BCUT2D eigenvalue weighted by Gasteiger charge is -2.09. The SMILES string of the molecule is CCn1c(COc2ccc(F)cc2)cc2c(O)cccc21. The van der Waals surface area contributed by atoms with E-state index < -0.39 is 0 Å². The number of ether oxygens (including phenoxy) is 1. The molecule has 2 aromatic carbocycles. The summed E-state index contributed by atoms with van der Waals surface area (Å²) in [5.74, 6) is 0.603. The number of aromatic hydroxyl groups is 1. The average molecular weight is 285 g/mol. The van der Waals surface area contributed by atoms with Crippen LogP contribution in [-0.2, 0) is 13.2 Å². The Morgan fingerprint density at radius 3 is 2.62 bits per heavy atom. The third kappa shape index (κ3) is 2.57. The van der Waals surface area contributed by atoms with Crippen molar-refractivity contribution in [3.63, 3.8) is 0 Å². The van der Waals surface area contributed by atoms with Gasteiger partial charge in [0.15, 0.2) is 0 Å². The lowest BCUT2D eigenvalue weighted by atomic mass is 10.2. The van der Waals surface area contributed by atoms with E-state index >= 15 is 0 Å². The van der Waals surface area contributed by atoms with E-state index in [0.717, 1.165) is 23.1 Å². The van der Waals surface area contributed by atoms with Gasteiger partial charge < -0.3 is 14.4 Å². The zero-order valence-corrected chi connectivity index (χ0v) is 11.7. The second-order valence-corrected chi connectivity index (χ2v) is 4.83. The third-order valence-electron chi connectivity index (χ3n) is 3.53. The number of benzene rings is 2. The van der Waals surface area contributed by atoms with E-state index in [4.69, 9.17) is 4.74 Å². The fourth-order valence-corrected chi connectivity index (χ4v) is 2.50. The minimum Gasteiger partial charge on any atom is -0.507 e. The fourth-order valence-electron chi connectivity index (χ4n) is 2.50. The molecule has 3 nitrogen and oxygen atoms in total. The first kappa shape index (κ1) is 13.5. The minimum absolute atomic E-state index is 0.266. The van der Waals surface area contributed by atoms with Crippen LogP contribution >= 0.6 is 0 Å². The summed E-state index contributed by atoms with van der Waals surface area (Å²) in [6, 6.07) is 13.4. The van der Waals surface area contributed by atoms with Crippen LogP contribution in [0.25, 0.3) is 10.9 Å². The zero-order chi connectivity index (χ0) is 14.8. The third-order valence-corrected chi connectivity index (χ3v) is 3.53. The molecule has 1 N–H and O–H groups in total. The van der Waals surface area contributed by atoms with Gasteiger partial charge in [0.1, 0.15) is 23.9 Å². The molecule has 21 heavy (non-hydrogen) atoms. The van der Waals surface area contributed by atoms with E-state index in [1.165, 1.54) is 12.1 Å². The first-order chi connectivity index (χ1) is 10.2. The van der Waals surface area contributed by atoms with E-state index in [0.29, 0.717) is 12.4 Å². The maximum Gasteiger partial charge on any atom is 0.128 e. The van der Waals surface area contributed by atoms with Crippen LogP contribution in [0.1, 0.15) is 12.6 Å². The first-order valence-corrected chi connectivity index (χ1v) is 6.87. The Kier molecular flexibility index (Phi) is 3.52.